The Morgan fingerprint density at radius 1 is 0.925 bits per heavy atom. The fourth-order valence-corrected chi connectivity index (χ4v) is 13.8. The van der Waals surface area contributed by atoms with E-state index < -0.39 is 102 Å². The number of nitrogens with two attached hydrogens (primary N) is 1. The first kappa shape index (κ1) is 58.8. The minimum Gasteiger partial charge on any atom is -0.479 e. The number of aliphatic hydroxyl groups is 5. The van der Waals surface area contributed by atoms with Gasteiger partial charge in [0, 0.05) is 48.7 Å². The van der Waals surface area contributed by atoms with Crippen molar-refractivity contribution in [1.29, 1.82) is 0 Å². The number of fused-ring (bicyclic) bond motifs is 7. The average molecular weight is 1120 g/mol. The molecule has 23 nitrogen and oxygen atoms in total. The number of carboxylic acid groups (broad SMARTS) is 1. The smallest absolute Gasteiger partial charge is 0.408 e. The van der Waals surface area contributed by atoms with E-state index in [1.54, 1.807) is 24.3 Å². The summed E-state index contributed by atoms with van der Waals surface area (Å²) in [6.45, 7) is 5.69. The van der Waals surface area contributed by atoms with Gasteiger partial charge in [0.25, 0.3) is 0 Å². The quantitative estimate of drug-likeness (QED) is 0.0741. The largest absolute Gasteiger partial charge is 0.479 e. The zero-order valence-electron chi connectivity index (χ0n) is 45.2. The van der Waals surface area contributed by atoms with Gasteiger partial charge in [-0.1, -0.05) is 55.8 Å². The predicted molar refractivity (Wildman–Crippen MR) is 282 cm³/mol. The monoisotopic (exact) mass is 1120 g/mol. The zero-order chi connectivity index (χ0) is 57.3. The summed E-state index contributed by atoms with van der Waals surface area (Å²) in [7, 11) is 0. The number of aliphatic hydroxyl groups excluding tert-OH is 5. The van der Waals surface area contributed by atoms with Crippen LogP contribution in [0, 0.1) is 28.6 Å². The topological polar surface area (TPSA) is 353 Å². The van der Waals surface area contributed by atoms with Gasteiger partial charge in [0.2, 0.25) is 18.1 Å². The molecule has 12 N–H and O–H groups in total. The summed E-state index contributed by atoms with van der Waals surface area (Å²) in [5, 5.41) is 75.0. The van der Waals surface area contributed by atoms with Gasteiger partial charge in [-0.25, -0.2) is 9.59 Å². The number of carbonyl (C=O) groups excluding carboxylic acids is 5. The Kier molecular flexibility index (Phi) is 17.6. The SMILES string of the molecule is CC(=O)N[C@@H](CCCCN)C(=O)NCCCNc1cc(COC(=O)NC2(Cc3ccc([C@@H]4O[C@@H]5C[C@H]6[C@@H]7CCC8=CC(=O)C=C[C@]8(C)[C@H]7[C@@H](O)C[C@]6(C)[C@]5(C(=O)CO)O4)cc3)COC2)ccc1O[C@@H]1O[C@H](C(=O)O)[C@@H](O)[C@H](O)[C@H]1O. The molecule has 80 heavy (non-hydrogen) atoms. The average Bonchev–Trinajstić information content (AvgIpc) is 4.11. The van der Waals surface area contributed by atoms with Crippen molar-refractivity contribution < 1.29 is 87.8 Å². The number of nitrogens with one attached hydrogen (secondary N) is 4. The van der Waals surface area contributed by atoms with E-state index in [0.717, 1.165) is 17.6 Å². The summed E-state index contributed by atoms with van der Waals surface area (Å²) in [5.74, 6) is -2.99. The summed E-state index contributed by atoms with van der Waals surface area (Å²) < 4.78 is 36.0. The second-order valence-electron chi connectivity index (χ2n) is 23.0. The van der Waals surface area contributed by atoms with E-state index in [9.17, 15) is 59.4 Å². The summed E-state index contributed by atoms with van der Waals surface area (Å²) in [6, 6.07) is 11.3. The number of benzene rings is 2. The molecule has 0 unspecified atom stereocenters. The maximum absolute atomic E-state index is 14.1. The minimum absolute atomic E-state index is 0.0187. The lowest BCUT2D eigenvalue weighted by Crippen LogP contribution is -2.63. The first-order valence-corrected chi connectivity index (χ1v) is 27.6. The number of Topliss-reactive ketones (excluding diaryl/α,β-unsaturated/α-hetero) is 1. The number of rotatable bonds is 22. The number of hydrogen-bond acceptors (Lipinski definition) is 19. The van der Waals surface area contributed by atoms with Crippen LogP contribution in [0.5, 0.6) is 5.75 Å². The van der Waals surface area contributed by atoms with E-state index >= 15 is 0 Å². The molecular formula is C57H75N5O18. The van der Waals surface area contributed by atoms with Crippen molar-refractivity contribution in [2.24, 2.45) is 34.3 Å². The molecule has 3 saturated carbocycles. The van der Waals surface area contributed by atoms with Crippen LogP contribution in [0.25, 0.3) is 0 Å². The van der Waals surface area contributed by atoms with Gasteiger partial charge in [-0.05, 0) is 105 Å². The third-order valence-corrected chi connectivity index (χ3v) is 17.8. The number of carbonyl (C=O) groups is 6. The Morgan fingerprint density at radius 3 is 2.36 bits per heavy atom. The standard InChI is InChI=1S/C57H75N5O18/c1-30(64)61-38(7-4-5-18-58)49(71)60-20-6-19-59-39-21-32(10-15-41(39)77-52-47(70)45(68)46(69)48(79-52)50(72)73)27-76-53(74)62-56(28-75-29-56)24-31-8-11-33(12-9-31)51-78-43-23-37-36-14-13-34-22-35(65)16-17-54(34,2)44(36)40(66)25-55(37,3)57(43,80-51)42(67)26-63/h8-12,15-17,21-22,36-38,40,43-48,51-52,59,63,66,68-70H,4-7,13-14,18-20,23-29,58H2,1-3H3,(H,60,71)(H,61,64)(H,62,74)(H,72,73)/t36-,37-,38-,40-,43+,44+,45-,46-,47+,48-,51+,52+,54-,55-,57+/m0/s1. The Bertz CT molecular complexity index is 2720. The third-order valence-electron chi connectivity index (χ3n) is 17.8. The molecular weight excluding hydrogens is 1040 g/mol. The van der Waals surface area contributed by atoms with Crippen molar-refractivity contribution in [2.75, 3.05) is 44.8 Å². The highest BCUT2D eigenvalue weighted by Crippen LogP contribution is 2.70. The number of amides is 3. The summed E-state index contributed by atoms with van der Waals surface area (Å²) in [6.07, 6.45) is -2.60. The highest BCUT2D eigenvalue weighted by molar-refractivity contribution is 6.01. The number of unbranched alkanes of at least 4 members (excludes halogenated alkanes) is 1. The number of allylic oxidation sites excluding steroid dienone is 4. The molecule has 9 rings (SSSR count). The van der Waals surface area contributed by atoms with Gasteiger partial charge in [-0.15, -0.1) is 0 Å². The lowest BCUT2D eigenvalue weighted by atomic mass is 9.46. The maximum atomic E-state index is 14.1. The van der Waals surface area contributed by atoms with Crippen LogP contribution < -0.4 is 31.7 Å². The van der Waals surface area contributed by atoms with Crippen molar-refractivity contribution in [3.8, 4) is 5.75 Å². The van der Waals surface area contributed by atoms with Gasteiger partial charge in [0.15, 0.2) is 29.6 Å². The highest BCUT2D eigenvalue weighted by Gasteiger charge is 2.76. The summed E-state index contributed by atoms with van der Waals surface area (Å²) in [4.78, 5) is 76.4. The van der Waals surface area contributed by atoms with Gasteiger partial charge in [0.05, 0.1) is 36.6 Å². The van der Waals surface area contributed by atoms with Crippen LogP contribution in [0.15, 0.2) is 66.3 Å². The Balaban J connectivity index is 0.825. The van der Waals surface area contributed by atoms with Crippen molar-refractivity contribution in [3.63, 3.8) is 0 Å². The van der Waals surface area contributed by atoms with E-state index in [2.05, 4.69) is 28.2 Å². The van der Waals surface area contributed by atoms with Gasteiger partial charge in [-0.2, -0.15) is 0 Å². The van der Waals surface area contributed by atoms with Crippen molar-refractivity contribution >= 4 is 41.1 Å². The van der Waals surface area contributed by atoms with Gasteiger partial charge in [0.1, 0.15) is 43.3 Å². The van der Waals surface area contributed by atoms with E-state index in [-0.39, 0.29) is 86.1 Å². The molecule has 436 valence electrons. The zero-order valence-corrected chi connectivity index (χ0v) is 45.2. The minimum atomic E-state index is -1.94. The highest BCUT2D eigenvalue weighted by atomic mass is 16.7. The molecule has 3 amide bonds. The molecule has 15 atom stereocenters. The lowest BCUT2D eigenvalue weighted by molar-refractivity contribution is -0.271. The Hall–Kier alpha value is -5.86. The van der Waals surface area contributed by atoms with Crippen LogP contribution >= 0.6 is 0 Å². The number of ether oxygens (including phenoxy) is 6. The van der Waals surface area contributed by atoms with Crippen LogP contribution in [0.4, 0.5) is 10.5 Å². The molecule has 6 fully saturated rings. The molecule has 2 aromatic rings. The number of aliphatic carboxylic acids is 1. The Morgan fingerprint density at radius 2 is 1.68 bits per heavy atom. The molecule has 0 bridgehead atoms. The van der Waals surface area contributed by atoms with Gasteiger partial charge < -0.3 is 86.1 Å². The van der Waals surface area contributed by atoms with Gasteiger partial charge >= 0.3 is 12.1 Å². The summed E-state index contributed by atoms with van der Waals surface area (Å²) in [5.41, 5.74) is 5.17. The van der Waals surface area contributed by atoms with E-state index in [1.807, 2.05) is 37.3 Å². The van der Waals surface area contributed by atoms with Crippen LogP contribution in [0.3, 0.4) is 0 Å². The first-order valence-electron chi connectivity index (χ1n) is 27.6. The second-order valence-corrected chi connectivity index (χ2v) is 23.0. The van der Waals surface area contributed by atoms with Crippen LogP contribution in [0.1, 0.15) is 95.1 Å². The van der Waals surface area contributed by atoms with Crippen LogP contribution in [-0.2, 0) is 60.7 Å². The normalized spacial score (nSPS) is 34.0. The van der Waals surface area contributed by atoms with E-state index in [1.165, 1.54) is 13.0 Å². The van der Waals surface area contributed by atoms with Crippen LogP contribution in [-0.4, -0.2) is 166 Å². The number of hydrogen-bond donors (Lipinski definition) is 11. The molecule has 3 aliphatic heterocycles. The molecule has 2 aromatic carbocycles. The Labute approximate surface area is 462 Å². The lowest BCUT2D eigenvalue weighted by Gasteiger charge is -2.59. The number of carboxylic acids is 1. The maximum Gasteiger partial charge on any atom is 0.408 e. The third kappa shape index (κ3) is 11.4. The summed E-state index contributed by atoms with van der Waals surface area (Å²) >= 11 is 0. The van der Waals surface area contributed by atoms with Crippen molar-refractivity contribution in [3.05, 3.63) is 83.0 Å². The number of anilines is 1. The second kappa shape index (κ2) is 23.9. The van der Waals surface area contributed by atoms with E-state index in [0.29, 0.717) is 62.6 Å². The van der Waals surface area contributed by atoms with E-state index in [4.69, 9.17) is 34.2 Å². The fraction of sp³-hybridized carbons (Fsp3) is 0.614. The molecule has 4 aliphatic carbocycles. The number of alkyl carbamates (subject to hydrolysis) is 1. The molecule has 3 saturated heterocycles. The number of ketones is 2. The molecule has 0 radical (unpaired) electrons. The fourth-order valence-electron chi connectivity index (χ4n) is 13.8. The molecule has 0 aromatic heterocycles. The van der Waals surface area contributed by atoms with Crippen molar-refractivity contribution in [1.82, 2.24) is 16.0 Å². The first-order chi connectivity index (χ1) is 38.1. The molecule has 0 spiro atoms. The van der Waals surface area contributed by atoms with Crippen LogP contribution in [0.2, 0.25) is 0 Å². The van der Waals surface area contributed by atoms with Gasteiger partial charge in [-0.3, -0.25) is 19.2 Å². The molecule has 3 heterocycles. The molecule has 7 aliphatic rings. The predicted octanol–water partition coefficient (Wildman–Crippen LogP) is 1.35. The molecule has 23 heteroatoms. The van der Waals surface area contributed by atoms with Crippen molar-refractivity contribution in [2.45, 2.75) is 152 Å².